The first-order valence-electron chi connectivity index (χ1n) is 7.15. The molecule has 3 nitrogen and oxygen atoms in total. The fourth-order valence-corrected chi connectivity index (χ4v) is 3.01. The third kappa shape index (κ3) is 2.30. The molecular weight excluding hydrogens is 234 g/mol. The van der Waals surface area contributed by atoms with E-state index in [1.54, 1.807) is 0 Å². The van der Waals surface area contributed by atoms with E-state index >= 15 is 0 Å². The molecule has 0 saturated carbocycles. The van der Waals surface area contributed by atoms with Crippen LogP contribution in [0, 0.1) is 0 Å². The summed E-state index contributed by atoms with van der Waals surface area (Å²) in [6.07, 6.45) is 3.89. The van der Waals surface area contributed by atoms with Gasteiger partial charge in [0.25, 0.3) is 0 Å². The molecule has 100 valence electrons. The number of aromatic nitrogens is 1. The largest absolute Gasteiger partial charge is 0.368 e. The number of nitrogens with zero attached hydrogens (tertiary/aromatic N) is 2. The number of fused-ring (bicyclic) bond motifs is 1. The number of anilines is 1. The second-order valence-electron chi connectivity index (χ2n) is 5.39. The van der Waals surface area contributed by atoms with E-state index in [1.165, 1.54) is 30.3 Å². The van der Waals surface area contributed by atoms with Gasteiger partial charge in [0, 0.05) is 30.2 Å². The van der Waals surface area contributed by atoms with Gasteiger partial charge in [0.05, 0.1) is 11.2 Å². The van der Waals surface area contributed by atoms with Gasteiger partial charge in [0.1, 0.15) is 0 Å². The summed E-state index contributed by atoms with van der Waals surface area (Å²) < 4.78 is 0. The highest BCUT2D eigenvalue weighted by Gasteiger charge is 2.20. The molecule has 0 bridgehead atoms. The van der Waals surface area contributed by atoms with E-state index in [1.807, 2.05) is 6.07 Å². The lowest BCUT2D eigenvalue weighted by molar-refractivity contribution is 0.485. The summed E-state index contributed by atoms with van der Waals surface area (Å²) in [6, 6.07) is 11.1. The van der Waals surface area contributed by atoms with Gasteiger partial charge in [-0.1, -0.05) is 18.2 Å². The molecule has 2 aromatic rings. The van der Waals surface area contributed by atoms with Crippen LogP contribution in [0.1, 0.15) is 31.9 Å². The van der Waals surface area contributed by atoms with E-state index in [9.17, 15) is 0 Å². The van der Waals surface area contributed by atoms with Gasteiger partial charge < -0.3 is 10.6 Å². The standard InChI is InChI=1S/C16H21N3/c1-12-6-4-5-9-19(12)16-10-13(11-17)18-15-8-3-2-7-14(15)16/h2-3,7-8,10,12H,4-6,9,11,17H2,1H3. The minimum atomic E-state index is 0.500. The van der Waals surface area contributed by atoms with Crippen LogP contribution < -0.4 is 10.6 Å². The summed E-state index contributed by atoms with van der Waals surface area (Å²) >= 11 is 0. The lowest BCUT2D eigenvalue weighted by atomic mass is 10.0. The highest BCUT2D eigenvalue weighted by molar-refractivity contribution is 5.92. The zero-order valence-corrected chi connectivity index (χ0v) is 11.5. The van der Waals surface area contributed by atoms with Crippen molar-refractivity contribution in [2.24, 2.45) is 5.73 Å². The van der Waals surface area contributed by atoms with Gasteiger partial charge in [0.2, 0.25) is 0 Å². The molecule has 1 saturated heterocycles. The van der Waals surface area contributed by atoms with Crippen molar-refractivity contribution < 1.29 is 0 Å². The van der Waals surface area contributed by atoms with Gasteiger partial charge >= 0.3 is 0 Å². The van der Waals surface area contributed by atoms with Gasteiger partial charge in [0.15, 0.2) is 0 Å². The number of hydrogen-bond donors (Lipinski definition) is 1. The number of para-hydroxylation sites is 1. The van der Waals surface area contributed by atoms with Gasteiger partial charge in [-0.25, -0.2) is 0 Å². The second-order valence-corrected chi connectivity index (χ2v) is 5.39. The van der Waals surface area contributed by atoms with Crippen LogP contribution in [0.5, 0.6) is 0 Å². The Balaban J connectivity index is 2.14. The lowest BCUT2D eigenvalue weighted by Crippen LogP contribution is -2.37. The fraction of sp³-hybridized carbons (Fsp3) is 0.438. The maximum absolute atomic E-state index is 5.79. The molecule has 1 aliphatic rings. The van der Waals surface area contributed by atoms with Gasteiger partial charge in [-0.15, -0.1) is 0 Å². The molecule has 0 aliphatic carbocycles. The third-order valence-electron chi connectivity index (χ3n) is 4.07. The Morgan fingerprint density at radius 3 is 2.95 bits per heavy atom. The molecule has 2 N–H and O–H groups in total. The summed E-state index contributed by atoms with van der Waals surface area (Å²) in [6.45, 7) is 3.95. The number of hydrogen-bond acceptors (Lipinski definition) is 3. The molecule has 3 heteroatoms. The van der Waals surface area contributed by atoms with Crippen LogP contribution >= 0.6 is 0 Å². The van der Waals surface area contributed by atoms with Crippen LogP contribution in [0.3, 0.4) is 0 Å². The number of benzene rings is 1. The highest BCUT2D eigenvalue weighted by Crippen LogP contribution is 2.31. The van der Waals surface area contributed by atoms with Crippen LogP contribution in [0.2, 0.25) is 0 Å². The average molecular weight is 255 g/mol. The van der Waals surface area contributed by atoms with Crippen molar-refractivity contribution in [3.05, 3.63) is 36.0 Å². The molecule has 19 heavy (non-hydrogen) atoms. The zero-order chi connectivity index (χ0) is 13.2. The van der Waals surface area contributed by atoms with E-state index in [0.29, 0.717) is 12.6 Å². The van der Waals surface area contributed by atoms with Gasteiger partial charge in [-0.05, 0) is 38.3 Å². The van der Waals surface area contributed by atoms with Crippen molar-refractivity contribution in [3.63, 3.8) is 0 Å². The number of rotatable bonds is 2. The second kappa shape index (κ2) is 5.17. The SMILES string of the molecule is CC1CCCCN1c1cc(CN)nc2ccccc12. The van der Waals surface area contributed by atoms with Crippen LogP contribution in [0.25, 0.3) is 10.9 Å². The van der Waals surface area contributed by atoms with Crippen molar-refractivity contribution in [2.45, 2.75) is 38.8 Å². The molecule has 1 unspecified atom stereocenters. The molecule has 3 rings (SSSR count). The molecular formula is C16H21N3. The Labute approximate surface area is 114 Å². The molecule has 1 aromatic heterocycles. The Bertz CT molecular complexity index is 579. The summed E-state index contributed by atoms with van der Waals surface area (Å²) in [4.78, 5) is 7.14. The zero-order valence-electron chi connectivity index (χ0n) is 11.5. The van der Waals surface area contributed by atoms with E-state index in [4.69, 9.17) is 5.73 Å². The van der Waals surface area contributed by atoms with E-state index < -0.39 is 0 Å². The molecule has 0 radical (unpaired) electrons. The van der Waals surface area contributed by atoms with E-state index in [2.05, 4.69) is 41.1 Å². The van der Waals surface area contributed by atoms with E-state index in [0.717, 1.165) is 17.8 Å². The average Bonchev–Trinajstić information content (AvgIpc) is 2.46. The smallest absolute Gasteiger partial charge is 0.0726 e. The molecule has 1 aromatic carbocycles. The van der Waals surface area contributed by atoms with Crippen molar-refractivity contribution in [1.29, 1.82) is 0 Å². The molecule has 0 amide bonds. The molecule has 2 heterocycles. The van der Waals surface area contributed by atoms with Crippen LogP contribution in [0.4, 0.5) is 5.69 Å². The predicted octanol–water partition coefficient (Wildman–Crippen LogP) is 3.07. The molecule has 1 atom stereocenters. The van der Waals surface area contributed by atoms with Crippen LogP contribution in [-0.2, 0) is 6.54 Å². The van der Waals surface area contributed by atoms with Gasteiger partial charge in [-0.3, -0.25) is 4.98 Å². The Morgan fingerprint density at radius 1 is 1.32 bits per heavy atom. The summed E-state index contributed by atoms with van der Waals surface area (Å²) in [5.74, 6) is 0. The van der Waals surface area contributed by atoms with Crippen molar-refractivity contribution in [3.8, 4) is 0 Å². The van der Waals surface area contributed by atoms with E-state index in [-0.39, 0.29) is 0 Å². The number of pyridine rings is 1. The Hall–Kier alpha value is -1.61. The number of nitrogens with two attached hydrogens (primary N) is 1. The molecule has 0 spiro atoms. The fourth-order valence-electron chi connectivity index (χ4n) is 3.01. The minimum Gasteiger partial charge on any atom is -0.368 e. The molecule has 1 aliphatic heterocycles. The predicted molar refractivity (Wildman–Crippen MR) is 80.3 cm³/mol. The maximum atomic E-state index is 5.79. The van der Waals surface area contributed by atoms with Crippen LogP contribution in [0.15, 0.2) is 30.3 Å². The summed E-state index contributed by atoms with van der Waals surface area (Å²) in [7, 11) is 0. The summed E-state index contributed by atoms with van der Waals surface area (Å²) in [5, 5.41) is 1.24. The topological polar surface area (TPSA) is 42.1 Å². The monoisotopic (exact) mass is 255 g/mol. The van der Waals surface area contributed by atoms with Crippen LogP contribution in [-0.4, -0.2) is 17.6 Å². The first kappa shape index (κ1) is 12.4. The quantitative estimate of drug-likeness (QED) is 0.896. The highest BCUT2D eigenvalue weighted by atomic mass is 15.2. The third-order valence-corrected chi connectivity index (χ3v) is 4.07. The lowest BCUT2D eigenvalue weighted by Gasteiger charge is -2.36. The Kier molecular flexibility index (Phi) is 3.38. The van der Waals surface area contributed by atoms with Crippen molar-refractivity contribution in [1.82, 2.24) is 4.98 Å². The molecule has 1 fully saturated rings. The minimum absolute atomic E-state index is 0.500. The van der Waals surface area contributed by atoms with Crippen molar-refractivity contribution in [2.75, 3.05) is 11.4 Å². The normalized spacial score (nSPS) is 19.9. The first-order chi connectivity index (χ1) is 9.29. The number of piperidine rings is 1. The van der Waals surface area contributed by atoms with Crippen molar-refractivity contribution >= 4 is 16.6 Å². The summed E-state index contributed by atoms with van der Waals surface area (Å²) in [5.41, 5.74) is 9.13. The Morgan fingerprint density at radius 2 is 2.16 bits per heavy atom. The first-order valence-corrected chi connectivity index (χ1v) is 7.15. The maximum Gasteiger partial charge on any atom is 0.0726 e. The van der Waals surface area contributed by atoms with Gasteiger partial charge in [-0.2, -0.15) is 0 Å².